The van der Waals surface area contributed by atoms with Crippen molar-refractivity contribution in [3.05, 3.63) is 29.8 Å². The normalized spacial score (nSPS) is 23.5. The number of carbonyl (C=O) groups excluding carboxylic acids is 2. The summed E-state index contributed by atoms with van der Waals surface area (Å²) in [5.41, 5.74) is 1.72. The molecule has 0 aliphatic heterocycles. The lowest BCUT2D eigenvalue weighted by atomic mass is 9.87. The quantitative estimate of drug-likeness (QED) is 0.748. The van der Waals surface area contributed by atoms with Gasteiger partial charge in [0.25, 0.3) is 0 Å². The number of rotatable bonds is 6. The molecule has 0 spiro atoms. The Morgan fingerprint density at radius 3 is 2.50 bits per heavy atom. The van der Waals surface area contributed by atoms with Gasteiger partial charge in [0.15, 0.2) is 0 Å². The van der Waals surface area contributed by atoms with E-state index in [1.165, 1.54) is 0 Å². The Morgan fingerprint density at radius 1 is 1.08 bits per heavy atom. The molecule has 1 aromatic rings. The van der Waals surface area contributed by atoms with Gasteiger partial charge in [-0.3, -0.25) is 9.59 Å². The molecule has 2 amide bonds. The molecule has 2 aliphatic rings. The molecule has 2 saturated carbocycles. The van der Waals surface area contributed by atoms with Crippen molar-refractivity contribution in [2.24, 2.45) is 11.8 Å². The highest BCUT2D eigenvalue weighted by molar-refractivity contribution is 5.94. The monoisotopic (exact) mass is 330 g/mol. The van der Waals surface area contributed by atoms with Gasteiger partial charge < -0.3 is 15.7 Å². The van der Waals surface area contributed by atoms with Crippen molar-refractivity contribution >= 4 is 17.5 Å². The molecule has 0 aromatic heterocycles. The molecule has 0 saturated heterocycles. The predicted octanol–water partition coefficient (Wildman–Crippen LogP) is 2.24. The van der Waals surface area contributed by atoms with E-state index in [2.05, 4.69) is 10.6 Å². The van der Waals surface area contributed by atoms with Gasteiger partial charge in [-0.15, -0.1) is 0 Å². The summed E-state index contributed by atoms with van der Waals surface area (Å²) in [5.74, 6) is 0.673. The Balaban J connectivity index is 1.41. The average molecular weight is 330 g/mol. The SMILES string of the molecule is O=C(Cc1ccc(NC(=O)C2CC2)cc1)NCC1CCCC(O)C1. The van der Waals surface area contributed by atoms with Crippen molar-refractivity contribution in [2.75, 3.05) is 11.9 Å². The number of aliphatic hydroxyl groups is 1. The van der Waals surface area contributed by atoms with Gasteiger partial charge in [0, 0.05) is 18.2 Å². The molecular formula is C19H26N2O3. The van der Waals surface area contributed by atoms with Crippen LogP contribution in [0.4, 0.5) is 5.69 Å². The van der Waals surface area contributed by atoms with Crippen LogP contribution in [0.15, 0.2) is 24.3 Å². The summed E-state index contributed by atoms with van der Waals surface area (Å²) in [4.78, 5) is 23.8. The second-order valence-electron chi connectivity index (χ2n) is 7.13. The lowest BCUT2D eigenvalue weighted by molar-refractivity contribution is -0.120. The van der Waals surface area contributed by atoms with Gasteiger partial charge >= 0.3 is 0 Å². The lowest BCUT2D eigenvalue weighted by Crippen LogP contribution is -2.33. The molecule has 2 fully saturated rings. The minimum absolute atomic E-state index is 0.00447. The maximum Gasteiger partial charge on any atom is 0.227 e. The fourth-order valence-corrected chi connectivity index (χ4v) is 3.25. The molecule has 2 unspecified atom stereocenters. The van der Waals surface area contributed by atoms with E-state index in [-0.39, 0.29) is 23.8 Å². The number of nitrogens with one attached hydrogen (secondary N) is 2. The molecule has 3 N–H and O–H groups in total. The molecule has 0 radical (unpaired) electrons. The summed E-state index contributed by atoms with van der Waals surface area (Å²) in [7, 11) is 0. The van der Waals surface area contributed by atoms with E-state index in [4.69, 9.17) is 0 Å². The Bertz CT molecular complexity index is 581. The predicted molar refractivity (Wildman–Crippen MR) is 92.5 cm³/mol. The summed E-state index contributed by atoms with van der Waals surface area (Å²) in [6.07, 6.45) is 5.89. The van der Waals surface area contributed by atoms with E-state index < -0.39 is 0 Å². The van der Waals surface area contributed by atoms with Gasteiger partial charge in [-0.25, -0.2) is 0 Å². The van der Waals surface area contributed by atoms with Crippen LogP contribution < -0.4 is 10.6 Å². The summed E-state index contributed by atoms with van der Waals surface area (Å²) in [6.45, 7) is 0.644. The number of anilines is 1. The first-order valence-corrected chi connectivity index (χ1v) is 8.94. The smallest absolute Gasteiger partial charge is 0.227 e. The zero-order valence-corrected chi connectivity index (χ0v) is 14.0. The van der Waals surface area contributed by atoms with Gasteiger partial charge in [-0.2, -0.15) is 0 Å². The number of carbonyl (C=O) groups is 2. The van der Waals surface area contributed by atoms with Gasteiger partial charge in [0.2, 0.25) is 11.8 Å². The van der Waals surface area contributed by atoms with Crippen molar-refractivity contribution in [3.63, 3.8) is 0 Å². The van der Waals surface area contributed by atoms with E-state index in [1.54, 1.807) is 0 Å². The minimum Gasteiger partial charge on any atom is -0.393 e. The molecule has 24 heavy (non-hydrogen) atoms. The van der Waals surface area contributed by atoms with E-state index in [0.29, 0.717) is 18.9 Å². The maximum atomic E-state index is 12.1. The molecule has 2 aliphatic carbocycles. The summed E-state index contributed by atoms with van der Waals surface area (Å²) >= 11 is 0. The Hall–Kier alpha value is -1.88. The highest BCUT2D eigenvalue weighted by atomic mass is 16.3. The van der Waals surface area contributed by atoms with Crippen LogP contribution in [0.3, 0.4) is 0 Å². The van der Waals surface area contributed by atoms with E-state index in [9.17, 15) is 14.7 Å². The van der Waals surface area contributed by atoms with Crippen LogP contribution in [0, 0.1) is 11.8 Å². The van der Waals surface area contributed by atoms with Crippen LogP contribution in [0.2, 0.25) is 0 Å². The topological polar surface area (TPSA) is 78.4 Å². The van der Waals surface area contributed by atoms with Crippen molar-refractivity contribution in [3.8, 4) is 0 Å². The zero-order valence-electron chi connectivity index (χ0n) is 14.0. The first kappa shape index (κ1) is 17.0. The first-order valence-electron chi connectivity index (χ1n) is 8.94. The molecule has 5 heteroatoms. The van der Waals surface area contributed by atoms with Crippen LogP contribution in [0.5, 0.6) is 0 Å². The first-order chi connectivity index (χ1) is 11.6. The van der Waals surface area contributed by atoms with Crippen LogP contribution >= 0.6 is 0 Å². The third-order valence-corrected chi connectivity index (χ3v) is 4.88. The van der Waals surface area contributed by atoms with E-state index >= 15 is 0 Å². The van der Waals surface area contributed by atoms with Crippen molar-refractivity contribution in [1.29, 1.82) is 0 Å². The number of aliphatic hydroxyl groups excluding tert-OH is 1. The van der Waals surface area contributed by atoms with Crippen LogP contribution in [0.1, 0.15) is 44.1 Å². The molecular weight excluding hydrogens is 304 g/mol. The van der Waals surface area contributed by atoms with Crippen LogP contribution in [-0.2, 0) is 16.0 Å². The Morgan fingerprint density at radius 2 is 1.83 bits per heavy atom. The third kappa shape index (κ3) is 5.06. The molecule has 1 aromatic carbocycles. The maximum absolute atomic E-state index is 12.1. The highest BCUT2D eigenvalue weighted by Gasteiger charge is 2.29. The van der Waals surface area contributed by atoms with Gasteiger partial charge in [-0.1, -0.05) is 18.6 Å². The average Bonchev–Trinajstić information content (AvgIpc) is 3.40. The second kappa shape index (κ2) is 7.79. The van der Waals surface area contributed by atoms with Gasteiger partial charge in [-0.05, 0) is 55.7 Å². The minimum atomic E-state index is -0.209. The molecule has 0 heterocycles. The molecule has 3 rings (SSSR count). The lowest BCUT2D eigenvalue weighted by Gasteiger charge is -2.25. The van der Waals surface area contributed by atoms with Gasteiger partial charge in [0.05, 0.1) is 12.5 Å². The van der Waals surface area contributed by atoms with Crippen molar-refractivity contribution < 1.29 is 14.7 Å². The number of hydrogen-bond acceptors (Lipinski definition) is 3. The van der Waals surface area contributed by atoms with Gasteiger partial charge in [0.1, 0.15) is 0 Å². The standard InChI is InChI=1S/C19H26N2O3/c22-17-3-1-2-14(10-17)12-20-18(23)11-13-4-8-16(9-5-13)21-19(24)15-6-7-15/h4-5,8-9,14-15,17,22H,1-3,6-7,10-12H2,(H,20,23)(H,21,24). The number of amides is 2. The Kier molecular flexibility index (Phi) is 5.51. The van der Waals surface area contributed by atoms with Crippen LogP contribution in [-0.4, -0.2) is 29.6 Å². The molecule has 2 atom stereocenters. The molecule has 130 valence electrons. The summed E-state index contributed by atoms with van der Waals surface area (Å²) in [5, 5.41) is 15.5. The van der Waals surface area contributed by atoms with Crippen molar-refractivity contribution in [2.45, 2.75) is 51.0 Å². The fraction of sp³-hybridized carbons (Fsp3) is 0.579. The Labute approximate surface area is 142 Å². The highest BCUT2D eigenvalue weighted by Crippen LogP contribution is 2.30. The molecule has 5 nitrogen and oxygen atoms in total. The second-order valence-corrected chi connectivity index (χ2v) is 7.13. The molecule has 0 bridgehead atoms. The fourth-order valence-electron chi connectivity index (χ4n) is 3.25. The van der Waals surface area contributed by atoms with Crippen molar-refractivity contribution in [1.82, 2.24) is 5.32 Å². The third-order valence-electron chi connectivity index (χ3n) is 4.88. The van der Waals surface area contributed by atoms with E-state index in [1.807, 2.05) is 24.3 Å². The zero-order chi connectivity index (χ0) is 16.9. The largest absolute Gasteiger partial charge is 0.393 e. The number of hydrogen-bond donors (Lipinski definition) is 3. The van der Waals surface area contributed by atoms with Crippen LogP contribution in [0.25, 0.3) is 0 Å². The number of benzene rings is 1. The van der Waals surface area contributed by atoms with E-state index in [0.717, 1.165) is 49.8 Å². The summed E-state index contributed by atoms with van der Waals surface area (Å²) in [6, 6.07) is 7.46. The summed E-state index contributed by atoms with van der Waals surface area (Å²) < 4.78 is 0.